The Bertz CT molecular complexity index is 793. The van der Waals surface area contributed by atoms with E-state index in [1.807, 2.05) is 25.1 Å². The lowest BCUT2D eigenvalue weighted by Crippen LogP contribution is -2.15. The molecule has 0 unspecified atom stereocenters. The summed E-state index contributed by atoms with van der Waals surface area (Å²) in [5.74, 6) is 1.09. The predicted octanol–water partition coefficient (Wildman–Crippen LogP) is 3.70. The fourth-order valence-corrected chi connectivity index (χ4v) is 3.63. The fraction of sp³-hybridized carbons (Fsp3) is 0.450. The van der Waals surface area contributed by atoms with Gasteiger partial charge >= 0.3 is 0 Å². The van der Waals surface area contributed by atoms with E-state index >= 15 is 0 Å². The van der Waals surface area contributed by atoms with Crippen LogP contribution in [0.3, 0.4) is 0 Å². The average molecular weight is 342 g/mol. The maximum atomic E-state index is 12.2. The molecule has 2 N–H and O–H groups in total. The molecule has 0 radical (unpaired) electrons. The van der Waals surface area contributed by atoms with Crippen LogP contribution in [0.4, 0.5) is 0 Å². The topological polar surface area (TPSA) is 66.5 Å². The molecule has 0 saturated carbocycles. The van der Waals surface area contributed by atoms with Crippen molar-refractivity contribution in [2.75, 3.05) is 13.2 Å². The number of benzene rings is 1. The molecule has 1 aromatic heterocycles. The highest BCUT2D eigenvalue weighted by Crippen LogP contribution is 2.39. The van der Waals surface area contributed by atoms with Gasteiger partial charge in [-0.25, -0.2) is 0 Å². The number of primary amides is 1. The molecular weight excluding hydrogens is 316 g/mol. The van der Waals surface area contributed by atoms with Crippen LogP contribution in [0.5, 0.6) is 11.5 Å². The summed E-state index contributed by atoms with van der Waals surface area (Å²) in [6.45, 7) is 8.25. The number of hydrogen-bond acceptors (Lipinski definition) is 3. The van der Waals surface area contributed by atoms with E-state index < -0.39 is 0 Å². The molecule has 0 aliphatic carbocycles. The van der Waals surface area contributed by atoms with Crippen LogP contribution in [-0.2, 0) is 13.0 Å². The summed E-state index contributed by atoms with van der Waals surface area (Å²) in [6, 6.07) is 5.87. The molecule has 1 aliphatic rings. The Balaban J connectivity index is 2.22. The second kappa shape index (κ2) is 7.21. The molecule has 0 bridgehead atoms. The zero-order chi connectivity index (χ0) is 18.0. The summed E-state index contributed by atoms with van der Waals surface area (Å²) in [4.78, 5) is 12.2. The highest BCUT2D eigenvalue weighted by atomic mass is 16.6. The first kappa shape index (κ1) is 17.4. The molecule has 2 heterocycles. The summed E-state index contributed by atoms with van der Waals surface area (Å²) in [6.07, 6.45) is 2.91. The first-order valence-corrected chi connectivity index (χ1v) is 9.00. The van der Waals surface area contributed by atoms with Gasteiger partial charge in [-0.2, -0.15) is 0 Å². The monoisotopic (exact) mass is 342 g/mol. The average Bonchev–Trinajstić information content (AvgIpc) is 2.88. The molecule has 2 aromatic rings. The molecule has 3 rings (SSSR count). The molecule has 5 heteroatoms. The molecule has 0 saturated heterocycles. The van der Waals surface area contributed by atoms with Crippen molar-refractivity contribution in [1.29, 1.82) is 0 Å². The molecule has 1 amide bonds. The van der Waals surface area contributed by atoms with Crippen LogP contribution in [0.1, 0.15) is 48.4 Å². The van der Waals surface area contributed by atoms with E-state index in [0.717, 1.165) is 54.1 Å². The lowest BCUT2D eigenvalue weighted by atomic mass is 9.97. The summed E-state index contributed by atoms with van der Waals surface area (Å²) in [5, 5.41) is 0. The quantitative estimate of drug-likeness (QED) is 0.870. The lowest BCUT2D eigenvalue weighted by Gasteiger charge is -2.19. The highest BCUT2D eigenvalue weighted by molar-refractivity contribution is 6.02. The number of nitrogens with zero attached hydrogens (tertiary/aromatic N) is 1. The van der Waals surface area contributed by atoms with Gasteiger partial charge in [0.05, 0.1) is 5.56 Å². The van der Waals surface area contributed by atoms with Crippen molar-refractivity contribution in [1.82, 2.24) is 4.57 Å². The van der Waals surface area contributed by atoms with E-state index in [9.17, 15) is 4.79 Å². The first-order chi connectivity index (χ1) is 12.1. The van der Waals surface area contributed by atoms with Crippen LogP contribution in [0, 0.1) is 6.92 Å². The van der Waals surface area contributed by atoms with Gasteiger partial charge in [-0.15, -0.1) is 0 Å². The number of amides is 1. The Morgan fingerprint density at radius 3 is 2.52 bits per heavy atom. The van der Waals surface area contributed by atoms with Crippen LogP contribution in [0.25, 0.3) is 11.1 Å². The van der Waals surface area contributed by atoms with E-state index in [0.29, 0.717) is 18.8 Å². The smallest absolute Gasteiger partial charge is 0.251 e. The fourth-order valence-electron chi connectivity index (χ4n) is 3.63. The van der Waals surface area contributed by atoms with Gasteiger partial charge < -0.3 is 19.8 Å². The van der Waals surface area contributed by atoms with E-state index in [-0.39, 0.29) is 5.91 Å². The Kier molecular flexibility index (Phi) is 5.02. The normalized spacial score (nSPS) is 13.1. The summed E-state index contributed by atoms with van der Waals surface area (Å²) >= 11 is 0. The van der Waals surface area contributed by atoms with Gasteiger partial charge in [0.25, 0.3) is 5.91 Å². The lowest BCUT2D eigenvalue weighted by molar-refractivity contribution is 0.1000. The van der Waals surface area contributed by atoms with E-state index in [1.165, 1.54) is 5.69 Å². The van der Waals surface area contributed by atoms with Crippen molar-refractivity contribution in [3.8, 4) is 22.6 Å². The first-order valence-electron chi connectivity index (χ1n) is 9.00. The molecule has 1 aliphatic heterocycles. The molecule has 0 atom stereocenters. The summed E-state index contributed by atoms with van der Waals surface area (Å²) in [5.41, 5.74) is 10.4. The van der Waals surface area contributed by atoms with Crippen LogP contribution >= 0.6 is 0 Å². The van der Waals surface area contributed by atoms with Crippen LogP contribution in [0.15, 0.2) is 18.2 Å². The number of rotatable bonds is 6. The highest BCUT2D eigenvalue weighted by Gasteiger charge is 2.25. The van der Waals surface area contributed by atoms with E-state index in [2.05, 4.69) is 18.4 Å². The standard InChI is InChI=1S/C20H26N2O3/c1-4-6-15-19(18(20(21)23)13(3)22(15)9-5-2)14-7-8-16-17(12-14)25-11-10-24-16/h7-8,12H,4-6,9-11H2,1-3H3,(H2,21,23). The van der Waals surface area contributed by atoms with Crippen molar-refractivity contribution < 1.29 is 14.3 Å². The second-order valence-electron chi connectivity index (χ2n) is 6.41. The third-order valence-electron chi connectivity index (χ3n) is 4.64. The van der Waals surface area contributed by atoms with Crippen molar-refractivity contribution >= 4 is 5.91 Å². The Hall–Kier alpha value is -2.43. The molecule has 25 heavy (non-hydrogen) atoms. The van der Waals surface area contributed by atoms with Crippen molar-refractivity contribution in [3.05, 3.63) is 35.2 Å². The largest absolute Gasteiger partial charge is 0.486 e. The third kappa shape index (κ3) is 3.11. The number of fused-ring (bicyclic) bond motifs is 1. The Morgan fingerprint density at radius 1 is 1.16 bits per heavy atom. The van der Waals surface area contributed by atoms with Crippen LogP contribution < -0.4 is 15.2 Å². The minimum absolute atomic E-state index is 0.380. The minimum Gasteiger partial charge on any atom is -0.486 e. The molecule has 0 spiro atoms. The maximum absolute atomic E-state index is 12.2. The third-order valence-corrected chi connectivity index (χ3v) is 4.64. The molecule has 5 nitrogen and oxygen atoms in total. The van der Waals surface area contributed by atoms with E-state index in [1.54, 1.807) is 0 Å². The number of ether oxygens (including phenoxy) is 2. The molecule has 1 aromatic carbocycles. The maximum Gasteiger partial charge on any atom is 0.251 e. The van der Waals surface area contributed by atoms with Crippen LogP contribution in [-0.4, -0.2) is 23.7 Å². The molecule has 134 valence electrons. The zero-order valence-electron chi connectivity index (χ0n) is 15.2. The van der Waals surface area contributed by atoms with Crippen molar-refractivity contribution in [2.24, 2.45) is 5.73 Å². The molecule has 0 fully saturated rings. The van der Waals surface area contributed by atoms with Gasteiger partial charge in [-0.3, -0.25) is 4.79 Å². The Labute approximate surface area is 148 Å². The summed E-state index contributed by atoms with van der Waals surface area (Å²) in [7, 11) is 0. The number of nitrogens with two attached hydrogens (primary N) is 1. The van der Waals surface area contributed by atoms with Gasteiger partial charge in [0.15, 0.2) is 11.5 Å². The van der Waals surface area contributed by atoms with Gasteiger partial charge in [-0.05, 0) is 37.5 Å². The predicted molar refractivity (Wildman–Crippen MR) is 98.4 cm³/mol. The number of hydrogen-bond donors (Lipinski definition) is 1. The minimum atomic E-state index is -0.380. The van der Waals surface area contributed by atoms with Crippen molar-refractivity contribution in [3.63, 3.8) is 0 Å². The SMILES string of the molecule is CCCc1c(-c2ccc3c(c2)OCCO3)c(C(N)=O)c(C)n1CCC. The van der Waals surface area contributed by atoms with Gasteiger partial charge in [0.1, 0.15) is 13.2 Å². The zero-order valence-corrected chi connectivity index (χ0v) is 15.2. The summed E-state index contributed by atoms with van der Waals surface area (Å²) < 4.78 is 13.6. The van der Waals surface area contributed by atoms with Crippen molar-refractivity contribution in [2.45, 2.75) is 46.6 Å². The Morgan fingerprint density at radius 2 is 1.88 bits per heavy atom. The molecular formula is C20H26N2O3. The second-order valence-corrected chi connectivity index (χ2v) is 6.41. The number of carbonyl (C=O) groups is 1. The number of carbonyl (C=O) groups excluding carboxylic acids is 1. The number of aromatic nitrogens is 1. The van der Waals surface area contributed by atoms with Gasteiger partial charge in [0, 0.05) is 23.5 Å². The van der Waals surface area contributed by atoms with Gasteiger partial charge in [0.2, 0.25) is 0 Å². The van der Waals surface area contributed by atoms with Crippen LogP contribution in [0.2, 0.25) is 0 Å². The van der Waals surface area contributed by atoms with E-state index in [4.69, 9.17) is 15.2 Å². The van der Waals surface area contributed by atoms with Gasteiger partial charge in [-0.1, -0.05) is 26.3 Å².